The summed E-state index contributed by atoms with van der Waals surface area (Å²) in [5.41, 5.74) is 0. The molecule has 0 bridgehead atoms. The third-order valence-corrected chi connectivity index (χ3v) is 3.66. The van der Waals surface area contributed by atoms with Crippen molar-refractivity contribution in [2.24, 2.45) is 0 Å². The second-order valence-electron chi connectivity index (χ2n) is 3.28. The van der Waals surface area contributed by atoms with Crippen molar-refractivity contribution >= 4 is 10.1 Å². The third-order valence-electron chi connectivity index (χ3n) is 2.33. The second kappa shape index (κ2) is 3.53. The highest BCUT2D eigenvalue weighted by Gasteiger charge is 2.45. The first-order valence-electron chi connectivity index (χ1n) is 4.20. The molecule has 6 heteroatoms. The molecule has 0 aromatic rings. The molecule has 13 heavy (non-hydrogen) atoms. The Morgan fingerprint density at radius 2 is 2.23 bits per heavy atom. The Balaban J connectivity index is 2.80. The molecular formula is C7H14O5S. The lowest BCUT2D eigenvalue weighted by molar-refractivity contribution is -0.0665. The number of hydrogen-bond acceptors (Lipinski definition) is 4. The lowest BCUT2D eigenvalue weighted by atomic mass is 10.0. The maximum Gasteiger partial charge on any atom is 0.295 e. The summed E-state index contributed by atoms with van der Waals surface area (Å²) in [5.74, 6) is 0. The van der Waals surface area contributed by atoms with Gasteiger partial charge in [0.25, 0.3) is 10.1 Å². The maximum absolute atomic E-state index is 10.8. The molecule has 0 spiro atoms. The highest BCUT2D eigenvalue weighted by Crippen LogP contribution is 2.30. The van der Waals surface area contributed by atoms with Gasteiger partial charge in [-0.25, -0.2) is 0 Å². The molecule has 2 N–H and O–H groups in total. The van der Waals surface area contributed by atoms with Gasteiger partial charge in [-0.2, -0.15) is 8.42 Å². The molecule has 0 aromatic carbocycles. The zero-order chi connectivity index (χ0) is 10.1. The molecule has 1 heterocycles. The maximum atomic E-state index is 10.8. The Labute approximate surface area is 77.5 Å². The largest absolute Gasteiger partial charge is 0.378 e. The molecule has 0 saturated carbocycles. The van der Waals surface area contributed by atoms with E-state index < -0.39 is 15.1 Å². The number of aliphatic hydroxyl groups is 1. The van der Waals surface area contributed by atoms with Crippen molar-refractivity contribution in [2.75, 3.05) is 6.61 Å². The smallest absolute Gasteiger partial charge is 0.295 e. The van der Waals surface area contributed by atoms with Gasteiger partial charge in [0, 0.05) is 12.8 Å². The molecule has 0 aromatic heterocycles. The summed E-state index contributed by atoms with van der Waals surface area (Å²) in [6.07, 6.45) is 0.211. The van der Waals surface area contributed by atoms with E-state index in [-0.39, 0.29) is 25.6 Å². The second-order valence-corrected chi connectivity index (χ2v) is 4.99. The predicted molar refractivity (Wildman–Crippen MR) is 45.8 cm³/mol. The van der Waals surface area contributed by atoms with Crippen LogP contribution in [0.2, 0.25) is 0 Å². The molecule has 1 fully saturated rings. The van der Waals surface area contributed by atoms with Crippen molar-refractivity contribution in [3.63, 3.8) is 0 Å². The van der Waals surface area contributed by atoms with Crippen LogP contribution in [-0.2, 0) is 14.9 Å². The van der Waals surface area contributed by atoms with Crippen LogP contribution in [-0.4, -0.2) is 35.7 Å². The van der Waals surface area contributed by atoms with Crippen LogP contribution < -0.4 is 0 Å². The van der Waals surface area contributed by atoms with E-state index in [0.29, 0.717) is 6.42 Å². The topological polar surface area (TPSA) is 83.8 Å². The first-order chi connectivity index (χ1) is 5.89. The zero-order valence-electron chi connectivity index (χ0n) is 7.43. The molecule has 0 radical (unpaired) electrons. The Kier molecular flexibility index (Phi) is 2.96. The molecule has 78 valence electrons. The van der Waals surface area contributed by atoms with E-state index in [4.69, 9.17) is 9.29 Å². The molecule has 0 amide bonds. The van der Waals surface area contributed by atoms with Crippen molar-refractivity contribution in [3.05, 3.63) is 0 Å². The SMILES string of the molecule is CCC1CC(O)(S(=O)(=O)O)CCO1. The van der Waals surface area contributed by atoms with E-state index in [1.807, 2.05) is 6.92 Å². The molecule has 5 nitrogen and oxygen atoms in total. The summed E-state index contributed by atoms with van der Waals surface area (Å²) < 4.78 is 35.6. The Hall–Kier alpha value is -0.170. The molecule has 0 aliphatic carbocycles. The van der Waals surface area contributed by atoms with Crippen LogP contribution in [0.1, 0.15) is 26.2 Å². The van der Waals surface area contributed by atoms with Gasteiger partial charge < -0.3 is 9.84 Å². The van der Waals surface area contributed by atoms with Gasteiger partial charge >= 0.3 is 0 Å². The monoisotopic (exact) mass is 210 g/mol. The van der Waals surface area contributed by atoms with Gasteiger partial charge in [0.05, 0.1) is 12.7 Å². The molecule has 1 rings (SSSR count). The minimum Gasteiger partial charge on any atom is -0.378 e. The van der Waals surface area contributed by atoms with E-state index in [1.54, 1.807) is 0 Å². The number of ether oxygens (including phenoxy) is 1. The molecular weight excluding hydrogens is 196 g/mol. The molecule has 1 aliphatic rings. The van der Waals surface area contributed by atoms with Gasteiger partial charge in [-0.05, 0) is 6.42 Å². The molecule has 1 aliphatic heterocycles. The van der Waals surface area contributed by atoms with Crippen LogP contribution in [0, 0.1) is 0 Å². The fourth-order valence-electron chi connectivity index (χ4n) is 1.40. The van der Waals surface area contributed by atoms with Crippen LogP contribution >= 0.6 is 0 Å². The van der Waals surface area contributed by atoms with Gasteiger partial charge in [-0.15, -0.1) is 0 Å². The standard InChI is InChI=1S/C7H14O5S/c1-2-6-5-7(8,3-4-12-6)13(9,10)11/h6,8H,2-5H2,1H3,(H,9,10,11). The molecule has 1 saturated heterocycles. The highest BCUT2D eigenvalue weighted by atomic mass is 32.2. The minimum atomic E-state index is -4.39. The van der Waals surface area contributed by atoms with E-state index in [0.717, 1.165) is 0 Å². The van der Waals surface area contributed by atoms with Crippen LogP contribution in [0.5, 0.6) is 0 Å². The Morgan fingerprint density at radius 3 is 2.69 bits per heavy atom. The van der Waals surface area contributed by atoms with Crippen molar-refractivity contribution in [2.45, 2.75) is 37.2 Å². The fraction of sp³-hybridized carbons (Fsp3) is 1.00. The van der Waals surface area contributed by atoms with Gasteiger partial charge in [0.2, 0.25) is 0 Å². The van der Waals surface area contributed by atoms with Gasteiger partial charge in [0.1, 0.15) is 0 Å². The van der Waals surface area contributed by atoms with Crippen LogP contribution in [0.15, 0.2) is 0 Å². The predicted octanol–water partition coefficient (Wildman–Crippen LogP) is 0.152. The van der Waals surface area contributed by atoms with Crippen molar-refractivity contribution in [3.8, 4) is 0 Å². The quantitative estimate of drug-likeness (QED) is 0.634. The average Bonchev–Trinajstić information content (AvgIpc) is 2.02. The van der Waals surface area contributed by atoms with Crippen molar-refractivity contribution in [1.82, 2.24) is 0 Å². The summed E-state index contributed by atoms with van der Waals surface area (Å²) in [7, 11) is -4.39. The van der Waals surface area contributed by atoms with Crippen molar-refractivity contribution in [1.29, 1.82) is 0 Å². The minimum absolute atomic E-state index is 0.0532. The van der Waals surface area contributed by atoms with Crippen LogP contribution in [0.25, 0.3) is 0 Å². The van der Waals surface area contributed by atoms with Gasteiger partial charge in [-0.3, -0.25) is 4.55 Å². The van der Waals surface area contributed by atoms with E-state index in [2.05, 4.69) is 0 Å². The lowest BCUT2D eigenvalue weighted by Gasteiger charge is -2.33. The first-order valence-corrected chi connectivity index (χ1v) is 5.64. The van der Waals surface area contributed by atoms with E-state index in [9.17, 15) is 13.5 Å². The summed E-state index contributed by atoms with van der Waals surface area (Å²) in [6.45, 7) is 2.00. The van der Waals surface area contributed by atoms with Gasteiger partial charge in [-0.1, -0.05) is 6.92 Å². The summed E-state index contributed by atoms with van der Waals surface area (Å²) in [6, 6.07) is 0. The first kappa shape index (κ1) is 10.9. The molecule has 2 atom stereocenters. The third kappa shape index (κ3) is 2.19. The van der Waals surface area contributed by atoms with E-state index >= 15 is 0 Å². The summed E-state index contributed by atoms with van der Waals surface area (Å²) in [4.78, 5) is -2.01. The fourth-order valence-corrected chi connectivity index (χ4v) is 2.14. The van der Waals surface area contributed by atoms with E-state index in [1.165, 1.54) is 0 Å². The Morgan fingerprint density at radius 1 is 1.62 bits per heavy atom. The normalized spacial score (nSPS) is 36.1. The number of hydrogen-bond donors (Lipinski definition) is 2. The van der Waals surface area contributed by atoms with Crippen LogP contribution in [0.3, 0.4) is 0 Å². The highest BCUT2D eigenvalue weighted by molar-refractivity contribution is 7.87. The summed E-state index contributed by atoms with van der Waals surface area (Å²) >= 11 is 0. The van der Waals surface area contributed by atoms with Crippen molar-refractivity contribution < 1.29 is 22.8 Å². The average molecular weight is 210 g/mol. The zero-order valence-corrected chi connectivity index (χ0v) is 8.25. The van der Waals surface area contributed by atoms with Gasteiger partial charge in [0.15, 0.2) is 4.93 Å². The van der Waals surface area contributed by atoms with Crippen LogP contribution in [0.4, 0.5) is 0 Å². The Bertz CT molecular complexity index is 273. The lowest BCUT2D eigenvalue weighted by Crippen LogP contribution is -2.46. The molecule has 2 unspecified atom stereocenters. The summed E-state index contributed by atoms with van der Waals surface area (Å²) in [5, 5.41) is 9.59. The number of rotatable bonds is 2.